The molecule has 1 atom stereocenters. The van der Waals surface area contributed by atoms with Gasteiger partial charge in [-0.25, -0.2) is 4.98 Å². The number of amides is 1. The number of Topliss-reactive ketones (excluding diaryl/α,β-unsaturated/α-hetero) is 1. The molecular weight excluding hydrogens is 460 g/mol. The van der Waals surface area contributed by atoms with Crippen molar-refractivity contribution >= 4 is 44.1 Å². The summed E-state index contributed by atoms with van der Waals surface area (Å²) < 4.78 is 6.51. The van der Waals surface area contributed by atoms with E-state index < -0.39 is 17.7 Å². The van der Waals surface area contributed by atoms with E-state index in [1.807, 2.05) is 43.3 Å². The summed E-state index contributed by atoms with van der Waals surface area (Å²) in [6, 6.07) is 19.5. The molecule has 35 heavy (non-hydrogen) atoms. The first-order valence-electron chi connectivity index (χ1n) is 11.3. The molecule has 3 aromatic carbocycles. The first kappa shape index (κ1) is 22.8. The molecule has 176 valence electrons. The summed E-state index contributed by atoms with van der Waals surface area (Å²) in [5, 5.41) is 11.7. The smallest absolute Gasteiger partial charge is 0.301 e. The molecule has 1 aliphatic rings. The quantitative estimate of drug-likeness (QED) is 0.220. The van der Waals surface area contributed by atoms with Crippen molar-refractivity contribution in [3.05, 3.63) is 94.6 Å². The first-order chi connectivity index (χ1) is 16.9. The fourth-order valence-electron chi connectivity index (χ4n) is 4.36. The van der Waals surface area contributed by atoms with Crippen LogP contribution in [0.3, 0.4) is 0 Å². The fraction of sp³-hybridized carbons (Fsp3) is 0.179. The van der Waals surface area contributed by atoms with Crippen LogP contribution in [0.5, 0.6) is 5.75 Å². The zero-order valence-corrected chi connectivity index (χ0v) is 20.4. The number of carbonyl (C=O) groups is 2. The summed E-state index contributed by atoms with van der Waals surface area (Å²) in [5.74, 6) is -1.21. The molecular formula is C28H24N2O4S. The number of rotatable bonds is 5. The normalized spacial score (nSPS) is 17.3. The molecule has 0 bridgehead atoms. The Morgan fingerprint density at radius 1 is 1.09 bits per heavy atom. The van der Waals surface area contributed by atoms with Crippen LogP contribution in [0.15, 0.2) is 72.3 Å². The second-order valence-corrected chi connectivity index (χ2v) is 9.44. The van der Waals surface area contributed by atoms with Gasteiger partial charge in [-0.2, -0.15) is 0 Å². The molecule has 1 saturated heterocycles. The molecule has 0 saturated carbocycles. The monoisotopic (exact) mass is 484 g/mol. The van der Waals surface area contributed by atoms with Gasteiger partial charge in [0, 0.05) is 11.1 Å². The van der Waals surface area contributed by atoms with Gasteiger partial charge >= 0.3 is 5.91 Å². The molecule has 1 amide bonds. The summed E-state index contributed by atoms with van der Waals surface area (Å²) in [4.78, 5) is 32.9. The lowest BCUT2D eigenvalue weighted by Gasteiger charge is -2.24. The van der Waals surface area contributed by atoms with Crippen LogP contribution in [0.25, 0.3) is 16.0 Å². The van der Waals surface area contributed by atoms with Crippen molar-refractivity contribution in [2.75, 3.05) is 12.0 Å². The number of aromatic nitrogens is 1. The molecule has 4 aromatic rings. The van der Waals surface area contributed by atoms with E-state index in [4.69, 9.17) is 9.72 Å². The highest BCUT2D eigenvalue weighted by molar-refractivity contribution is 7.22. The number of carbonyl (C=O) groups excluding carboxylic acids is 2. The Bertz CT molecular complexity index is 1490. The van der Waals surface area contributed by atoms with Crippen LogP contribution in [-0.4, -0.2) is 28.9 Å². The molecule has 0 radical (unpaired) electrons. The Kier molecular flexibility index (Phi) is 5.86. The predicted molar refractivity (Wildman–Crippen MR) is 138 cm³/mol. The molecule has 2 heterocycles. The Hall–Kier alpha value is -3.97. The molecule has 1 aromatic heterocycles. The molecule has 6 nitrogen and oxygen atoms in total. The standard InChI is InChI=1S/C28H24N2O4S/c1-4-17-11-14-20-22(15-17)35-28(29-20)30-24(19-7-5-6-8-21(19)34-3)23(26(32)27(30)33)25(31)18-12-9-16(2)10-13-18/h5-15,24,31H,4H2,1-3H3/t24-/m1/s1. The van der Waals surface area contributed by atoms with Crippen LogP contribution in [0.2, 0.25) is 0 Å². The van der Waals surface area contributed by atoms with Crippen molar-refractivity contribution in [2.24, 2.45) is 0 Å². The molecule has 1 aliphatic heterocycles. The number of methoxy groups -OCH3 is 1. The summed E-state index contributed by atoms with van der Waals surface area (Å²) in [5.41, 5.74) is 4.00. The minimum absolute atomic E-state index is 0.0110. The van der Waals surface area contributed by atoms with Crippen LogP contribution in [0, 0.1) is 6.92 Å². The number of benzene rings is 3. The summed E-state index contributed by atoms with van der Waals surface area (Å²) in [7, 11) is 1.54. The third-order valence-corrected chi connectivity index (χ3v) is 7.28. The number of para-hydroxylation sites is 1. The fourth-order valence-corrected chi connectivity index (χ4v) is 5.42. The number of aliphatic hydroxyl groups excluding tert-OH is 1. The summed E-state index contributed by atoms with van der Waals surface area (Å²) >= 11 is 1.35. The number of hydrogen-bond donors (Lipinski definition) is 1. The van der Waals surface area contributed by atoms with Crippen molar-refractivity contribution in [3.8, 4) is 5.75 Å². The van der Waals surface area contributed by atoms with E-state index in [0.717, 1.165) is 27.8 Å². The Balaban J connectivity index is 1.74. The van der Waals surface area contributed by atoms with E-state index >= 15 is 0 Å². The maximum absolute atomic E-state index is 13.4. The maximum atomic E-state index is 13.4. The molecule has 1 fully saturated rings. The van der Waals surface area contributed by atoms with Crippen molar-refractivity contribution in [1.29, 1.82) is 0 Å². The van der Waals surface area contributed by atoms with Crippen LogP contribution in [0.4, 0.5) is 5.13 Å². The second-order valence-electron chi connectivity index (χ2n) is 8.43. The van der Waals surface area contributed by atoms with Crippen molar-refractivity contribution in [3.63, 3.8) is 0 Å². The Morgan fingerprint density at radius 3 is 2.54 bits per heavy atom. The molecule has 5 rings (SSSR count). The number of ketones is 1. The number of anilines is 1. The lowest BCUT2D eigenvalue weighted by molar-refractivity contribution is -0.132. The average Bonchev–Trinajstić information content (AvgIpc) is 3.41. The minimum atomic E-state index is -0.890. The Morgan fingerprint density at radius 2 is 1.83 bits per heavy atom. The van der Waals surface area contributed by atoms with E-state index in [2.05, 4.69) is 13.0 Å². The van der Waals surface area contributed by atoms with Crippen molar-refractivity contribution in [2.45, 2.75) is 26.3 Å². The predicted octanol–water partition coefficient (Wildman–Crippen LogP) is 5.80. The minimum Gasteiger partial charge on any atom is -0.507 e. The van der Waals surface area contributed by atoms with E-state index in [1.165, 1.54) is 23.3 Å². The lowest BCUT2D eigenvalue weighted by Crippen LogP contribution is -2.29. The van der Waals surface area contributed by atoms with Crippen molar-refractivity contribution in [1.82, 2.24) is 4.98 Å². The van der Waals surface area contributed by atoms with Gasteiger partial charge in [-0.3, -0.25) is 14.5 Å². The van der Waals surface area contributed by atoms with Gasteiger partial charge in [0.25, 0.3) is 5.78 Å². The van der Waals surface area contributed by atoms with Gasteiger partial charge in [-0.05, 0) is 37.1 Å². The summed E-state index contributed by atoms with van der Waals surface area (Å²) in [6.45, 7) is 4.02. The molecule has 0 spiro atoms. The van der Waals surface area contributed by atoms with E-state index in [9.17, 15) is 14.7 Å². The molecule has 1 N–H and O–H groups in total. The number of fused-ring (bicyclic) bond motifs is 1. The SMILES string of the molecule is CCc1ccc2nc(N3C(=O)C(=O)C(=C(O)c4ccc(C)cc4)[C@H]3c3ccccc3OC)sc2c1. The lowest BCUT2D eigenvalue weighted by atomic mass is 9.94. The highest BCUT2D eigenvalue weighted by Gasteiger charge is 2.49. The molecule has 0 aliphatic carbocycles. The Labute approximate surface area is 207 Å². The van der Waals surface area contributed by atoms with Gasteiger partial charge < -0.3 is 9.84 Å². The third-order valence-electron chi connectivity index (χ3n) is 6.26. The first-order valence-corrected chi connectivity index (χ1v) is 12.1. The second kappa shape index (κ2) is 9.00. The number of aryl methyl sites for hydroxylation is 2. The van der Waals surface area contributed by atoms with Gasteiger partial charge in [0.1, 0.15) is 17.6 Å². The van der Waals surface area contributed by atoms with E-state index in [-0.39, 0.29) is 11.3 Å². The molecule has 7 heteroatoms. The zero-order chi connectivity index (χ0) is 24.7. The highest BCUT2D eigenvalue weighted by Crippen LogP contribution is 2.46. The van der Waals surface area contributed by atoms with Crippen LogP contribution in [-0.2, 0) is 16.0 Å². The third kappa shape index (κ3) is 3.88. The van der Waals surface area contributed by atoms with Crippen LogP contribution < -0.4 is 9.64 Å². The van der Waals surface area contributed by atoms with Gasteiger partial charge in [0.05, 0.1) is 22.9 Å². The topological polar surface area (TPSA) is 79.7 Å². The number of thiazole rings is 1. The van der Waals surface area contributed by atoms with Crippen LogP contribution >= 0.6 is 11.3 Å². The van der Waals surface area contributed by atoms with Gasteiger partial charge in [-0.15, -0.1) is 0 Å². The molecule has 0 unspecified atom stereocenters. The van der Waals surface area contributed by atoms with Crippen LogP contribution in [0.1, 0.15) is 35.2 Å². The average molecular weight is 485 g/mol. The van der Waals surface area contributed by atoms with Gasteiger partial charge in [0.15, 0.2) is 5.13 Å². The van der Waals surface area contributed by atoms with Gasteiger partial charge in [-0.1, -0.05) is 72.4 Å². The highest BCUT2D eigenvalue weighted by atomic mass is 32.1. The number of nitrogens with zero attached hydrogens (tertiary/aromatic N) is 2. The zero-order valence-electron chi connectivity index (χ0n) is 19.6. The van der Waals surface area contributed by atoms with E-state index in [1.54, 1.807) is 24.3 Å². The number of aliphatic hydroxyl groups is 1. The summed E-state index contributed by atoms with van der Waals surface area (Å²) in [6.07, 6.45) is 0.880. The van der Waals surface area contributed by atoms with Crippen molar-refractivity contribution < 1.29 is 19.4 Å². The largest absolute Gasteiger partial charge is 0.507 e. The number of hydrogen-bond acceptors (Lipinski definition) is 6. The maximum Gasteiger partial charge on any atom is 0.301 e. The van der Waals surface area contributed by atoms with E-state index in [0.29, 0.717) is 22.0 Å². The number of ether oxygens (including phenoxy) is 1. The van der Waals surface area contributed by atoms with Gasteiger partial charge in [0.2, 0.25) is 0 Å².